The monoisotopic (exact) mass is 341 g/mol. The summed E-state index contributed by atoms with van der Waals surface area (Å²) in [6, 6.07) is 9.53. The second-order valence-electron chi connectivity index (χ2n) is 6.93. The molecule has 136 valence electrons. The molecule has 1 aromatic carbocycles. The topological polar surface area (TPSA) is 32.5 Å². The third-order valence-electron chi connectivity index (χ3n) is 5.45. The highest BCUT2D eigenvalue weighted by atomic mass is 16.5. The summed E-state index contributed by atoms with van der Waals surface area (Å²) < 4.78 is 5.54. The minimum absolute atomic E-state index is 0.448. The molecule has 1 fully saturated rings. The van der Waals surface area contributed by atoms with Crippen LogP contribution in [0.15, 0.2) is 28.8 Å². The first kappa shape index (κ1) is 18.0. The van der Waals surface area contributed by atoms with E-state index in [1.54, 1.807) is 0 Å². The van der Waals surface area contributed by atoms with E-state index in [-0.39, 0.29) is 0 Å². The molecule has 0 spiro atoms. The lowest BCUT2D eigenvalue weighted by Crippen LogP contribution is -2.24. The minimum atomic E-state index is 0.448. The van der Waals surface area contributed by atoms with E-state index in [1.165, 1.54) is 29.7 Å². The van der Waals surface area contributed by atoms with E-state index >= 15 is 0 Å². The Labute approximate surface area is 151 Å². The largest absolute Gasteiger partial charge is 0.372 e. The summed E-state index contributed by atoms with van der Waals surface area (Å²) >= 11 is 0. The molecule has 2 heterocycles. The molecule has 4 nitrogen and oxygen atoms in total. The van der Waals surface area contributed by atoms with Gasteiger partial charge in [0.05, 0.1) is 5.69 Å². The van der Waals surface area contributed by atoms with Crippen molar-refractivity contribution in [3.63, 3.8) is 0 Å². The number of nitrogens with zero attached hydrogens (tertiary/aromatic N) is 3. The fourth-order valence-electron chi connectivity index (χ4n) is 4.08. The van der Waals surface area contributed by atoms with Crippen LogP contribution in [0.3, 0.4) is 0 Å². The van der Waals surface area contributed by atoms with E-state index in [1.807, 2.05) is 0 Å². The second-order valence-corrected chi connectivity index (χ2v) is 6.93. The zero-order chi connectivity index (χ0) is 17.8. The van der Waals surface area contributed by atoms with Crippen molar-refractivity contribution in [3.05, 3.63) is 46.8 Å². The molecule has 1 aliphatic rings. The number of hydrogen-bond donors (Lipinski definition) is 0. The van der Waals surface area contributed by atoms with Crippen molar-refractivity contribution in [3.8, 4) is 0 Å². The van der Waals surface area contributed by atoms with Crippen LogP contribution in [0.4, 0.5) is 5.69 Å². The summed E-state index contributed by atoms with van der Waals surface area (Å²) in [5.74, 6) is 1.06. The highest BCUT2D eigenvalue weighted by Crippen LogP contribution is 2.37. The second kappa shape index (κ2) is 8.05. The van der Waals surface area contributed by atoms with Crippen molar-refractivity contribution < 1.29 is 4.52 Å². The summed E-state index contributed by atoms with van der Waals surface area (Å²) in [4.78, 5) is 4.97. The molecule has 1 aliphatic heterocycles. The van der Waals surface area contributed by atoms with Gasteiger partial charge in [-0.3, -0.25) is 4.90 Å². The quantitative estimate of drug-likeness (QED) is 0.729. The molecule has 0 unspecified atom stereocenters. The molecule has 4 heteroatoms. The lowest BCUT2D eigenvalue weighted by molar-refractivity contribution is 0.245. The number of rotatable bonds is 7. The summed E-state index contributed by atoms with van der Waals surface area (Å²) in [5.41, 5.74) is 5.09. The normalized spacial score (nSPS) is 18.0. The Hall–Kier alpha value is -1.81. The molecule has 3 rings (SSSR count). The Morgan fingerprint density at radius 1 is 1.16 bits per heavy atom. The maximum absolute atomic E-state index is 5.54. The Morgan fingerprint density at radius 3 is 2.52 bits per heavy atom. The molecule has 1 atom stereocenters. The van der Waals surface area contributed by atoms with Gasteiger partial charge in [-0.1, -0.05) is 24.2 Å². The molecule has 0 bridgehead atoms. The van der Waals surface area contributed by atoms with Crippen LogP contribution in [-0.2, 0) is 13.0 Å². The summed E-state index contributed by atoms with van der Waals surface area (Å²) in [6.45, 7) is 12.9. The predicted octanol–water partition coefficient (Wildman–Crippen LogP) is 4.73. The molecular weight excluding hydrogens is 310 g/mol. The molecule has 25 heavy (non-hydrogen) atoms. The molecule has 1 saturated heterocycles. The van der Waals surface area contributed by atoms with Crippen LogP contribution in [0.25, 0.3) is 0 Å². The fourth-order valence-corrected chi connectivity index (χ4v) is 4.08. The molecule has 0 aliphatic carbocycles. The lowest BCUT2D eigenvalue weighted by Gasteiger charge is -2.25. The van der Waals surface area contributed by atoms with Crippen LogP contribution >= 0.6 is 0 Å². The van der Waals surface area contributed by atoms with Gasteiger partial charge in [0.2, 0.25) is 0 Å². The van der Waals surface area contributed by atoms with Crippen molar-refractivity contribution in [2.45, 2.75) is 59.5 Å². The van der Waals surface area contributed by atoms with Crippen LogP contribution in [0.2, 0.25) is 0 Å². The lowest BCUT2D eigenvalue weighted by atomic mass is 10.0. The number of aryl methyl sites for hydroxylation is 2. The zero-order valence-corrected chi connectivity index (χ0v) is 16.1. The van der Waals surface area contributed by atoms with Gasteiger partial charge in [0.15, 0.2) is 0 Å². The molecule has 0 radical (unpaired) electrons. The van der Waals surface area contributed by atoms with E-state index in [4.69, 9.17) is 4.52 Å². The Kier molecular flexibility index (Phi) is 5.79. The SMILES string of the molecule is CCc1onc(C)c1[C@H]1CCCN1Cc1ccc(N(CC)CC)cc1. The van der Waals surface area contributed by atoms with Gasteiger partial charge >= 0.3 is 0 Å². The van der Waals surface area contributed by atoms with E-state index in [9.17, 15) is 0 Å². The number of benzene rings is 1. The van der Waals surface area contributed by atoms with Crippen molar-refractivity contribution in [2.24, 2.45) is 0 Å². The van der Waals surface area contributed by atoms with E-state index in [0.29, 0.717) is 6.04 Å². The first-order valence-corrected chi connectivity index (χ1v) is 9.70. The van der Waals surface area contributed by atoms with Crippen molar-refractivity contribution >= 4 is 5.69 Å². The molecular formula is C21H31N3O. The molecule has 0 saturated carbocycles. The summed E-state index contributed by atoms with van der Waals surface area (Å²) in [5, 5.41) is 4.22. The molecule has 0 amide bonds. The minimum Gasteiger partial charge on any atom is -0.372 e. The molecule has 0 N–H and O–H groups in total. The van der Waals surface area contributed by atoms with Gasteiger partial charge in [0.1, 0.15) is 5.76 Å². The smallest absolute Gasteiger partial charge is 0.141 e. The highest BCUT2D eigenvalue weighted by molar-refractivity contribution is 5.47. The summed E-state index contributed by atoms with van der Waals surface area (Å²) in [7, 11) is 0. The fraction of sp³-hybridized carbons (Fsp3) is 0.571. The van der Waals surface area contributed by atoms with Gasteiger partial charge in [0.25, 0.3) is 0 Å². The Bertz CT molecular complexity index is 673. The number of likely N-dealkylation sites (tertiary alicyclic amines) is 1. The summed E-state index contributed by atoms with van der Waals surface area (Å²) in [6.07, 6.45) is 3.36. The van der Waals surface area contributed by atoms with Crippen LogP contribution < -0.4 is 4.90 Å². The standard InChI is InChI=1S/C21H31N3O/c1-5-20-21(16(4)22-25-20)19-9-8-14-24(19)15-17-10-12-18(13-11-17)23(6-2)7-3/h10-13,19H,5-9,14-15H2,1-4H3/t19-/m1/s1. The highest BCUT2D eigenvalue weighted by Gasteiger charge is 2.31. The van der Waals surface area contributed by atoms with Gasteiger partial charge in [-0.15, -0.1) is 0 Å². The average Bonchev–Trinajstić information content (AvgIpc) is 3.23. The van der Waals surface area contributed by atoms with Gasteiger partial charge in [0, 0.05) is 43.3 Å². The van der Waals surface area contributed by atoms with E-state index in [2.05, 4.69) is 66.9 Å². The Morgan fingerprint density at radius 2 is 1.88 bits per heavy atom. The van der Waals surface area contributed by atoms with Crippen molar-refractivity contribution in [1.29, 1.82) is 0 Å². The molecule has 2 aromatic rings. The van der Waals surface area contributed by atoms with Crippen LogP contribution in [0.5, 0.6) is 0 Å². The third-order valence-corrected chi connectivity index (χ3v) is 5.45. The van der Waals surface area contributed by atoms with Gasteiger partial charge in [-0.25, -0.2) is 0 Å². The van der Waals surface area contributed by atoms with Crippen molar-refractivity contribution in [1.82, 2.24) is 10.1 Å². The predicted molar refractivity (Wildman–Crippen MR) is 103 cm³/mol. The molecule has 1 aromatic heterocycles. The third kappa shape index (κ3) is 3.74. The van der Waals surface area contributed by atoms with Crippen LogP contribution in [0.1, 0.15) is 62.2 Å². The average molecular weight is 341 g/mol. The van der Waals surface area contributed by atoms with Gasteiger partial charge in [-0.2, -0.15) is 0 Å². The maximum atomic E-state index is 5.54. The first-order valence-electron chi connectivity index (χ1n) is 9.70. The Balaban J connectivity index is 1.74. The number of hydrogen-bond acceptors (Lipinski definition) is 4. The first-order chi connectivity index (χ1) is 12.2. The maximum Gasteiger partial charge on any atom is 0.141 e. The van der Waals surface area contributed by atoms with Crippen LogP contribution in [-0.4, -0.2) is 29.7 Å². The van der Waals surface area contributed by atoms with Gasteiger partial charge in [-0.05, 0) is 57.9 Å². The number of anilines is 1. The number of aromatic nitrogens is 1. The van der Waals surface area contributed by atoms with Crippen LogP contribution in [0, 0.1) is 6.92 Å². The van der Waals surface area contributed by atoms with E-state index < -0.39 is 0 Å². The van der Waals surface area contributed by atoms with E-state index in [0.717, 1.165) is 44.1 Å². The van der Waals surface area contributed by atoms with Crippen molar-refractivity contribution in [2.75, 3.05) is 24.5 Å². The van der Waals surface area contributed by atoms with Gasteiger partial charge < -0.3 is 9.42 Å². The zero-order valence-electron chi connectivity index (χ0n) is 16.1.